The molecule has 0 atom stereocenters. The minimum Gasteiger partial charge on any atom is -0.500 e. The molecule has 0 bridgehead atoms. The Kier molecular flexibility index (Phi) is 2.04. The van der Waals surface area contributed by atoms with Gasteiger partial charge in [-0.25, -0.2) is 4.98 Å². The molecule has 0 aliphatic heterocycles. The molecule has 0 unspecified atom stereocenters. The van der Waals surface area contributed by atoms with Crippen molar-refractivity contribution in [2.45, 2.75) is 5.16 Å². The third-order valence-electron chi connectivity index (χ3n) is 1.09. The third kappa shape index (κ3) is 1.45. The van der Waals surface area contributed by atoms with E-state index in [-0.39, 0.29) is 5.82 Å². The fourth-order valence-electron chi connectivity index (χ4n) is 0.560. The van der Waals surface area contributed by atoms with Crippen molar-refractivity contribution in [2.75, 3.05) is 12.0 Å². The number of rotatable bonds is 1. The fourth-order valence-corrected chi connectivity index (χ4v) is 0.944. The van der Waals surface area contributed by atoms with E-state index < -0.39 is 11.3 Å². The maximum Gasteiger partial charge on any atom is 0.296 e. The second-order valence-electron chi connectivity index (χ2n) is 1.81. The first-order valence-corrected chi connectivity index (χ1v) is 4.00. The number of nitrogens with two attached hydrogens (primary N) is 1. The summed E-state index contributed by atoms with van der Waals surface area (Å²) < 4.78 is 0. The van der Waals surface area contributed by atoms with Gasteiger partial charge in [0.1, 0.15) is 0 Å². The number of thioether (sulfide) groups is 1. The highest BCUT2D eigenvalue weighted by Gasteiger charge is 2.04. The number of hydrogen-bond acceptors (Lipinski definition) is 5. The monoisotopic (exact) mass is 173 g/mol. The van der Waals surface area contributed by atoms with Crippen molar-refractivity contribution in [3.8, 4) is 5.75 Å². The molecule has 0 radical (unpaired) electrons. The van der Waals surface area contributed by atoms with Crippen LogP contribution in [0.2, 0.25) is 0 Å². The summed E-state index contributed by atoms with van der Waals surface area (Å²) in [5, 5.41) is 9.28. The van der Waals surface area contributed by atoms with Crippen LogP contribution in [0.15, 0.2) is 9.95 Å². The number of nitrogens with one attached hydrogen (secondary N) is 1. The van der Waals surface area contributed by atoms with E-state index in [4.69, 9.17) is 10.8 Å². The van der Waals surface area contributed by atoms with Crippen LogP contribution in [0, 0.1) is 0 Å². The third-order valence-corrected chi connectivity index (χ3v) is 1.67. The minimum atomic E-state index is -0.609. The highest BCUT2D eigenvalue weighted by atomic mass is 32.2. The predicted molar refractivity (Wildman–Crippen MR) is 42.7 cm³/mol. The van der Waals surface area contributed by atoms with Gasteiger partial charge in [-0.15, -0.1) is 0 Å². The van der Waals surface area contributed by atoms with Crippen molar-refractivity contribution < 1.29 is 5.11 Å². The van der Waals surface area contributed by atoms with E-state index in [0.717, 1.165) is 0 Å². The molecule has 0 aliphatic carbocycles. The zero-order valence-corrected chi connectivity index (χ0v) is 6.60. The van der Waals surface area contributed by atoms with E-state index in [2.05, 4.69) is 9.97 Å². The van der Waals surface area contributed by atoms with E-state index in [1.807, 2.05) is 0 Å². The molecule has 0 saturated heterocycles. The van der Waals surface area contributed by atoms with Gasteiger partial charge in [-0.3, -0.25) is 9.78 Å². The molecule has 0 saturated carbocycles. The Morgan fingerprint density at radius 1 is 1.73 bits per heavy atom. The molecule has 1 aromatic rings. The van der Waals surface area contributed by atoms with Gasteiger partial charge in [-0.1, -0.05) is 11.8 Å². The second-order valence-corrected chi connectivity index (χ2v) is 2.60. The van der Waals surface area contributed by atoms with E-state index >= 15 is 0 Å². The van der Waals surface area contributed by atoms with Crippen LogP contribution in [-0.2, 0) is 0 Å². The molecule has 6 heteroatoms. The molecule has 0 fully saturated rings. The van der Waals surface area contributed by atoms with Gasteiger partial charge in [0.15, 0.2) is 11.0 Å². The van der Waals surface area contributed by atoms with Crippen molar-refractivity contribution in [3.05, 3.63) is 10.4 Å². The van der Waals surface area contributed by atoms with E-state index in [0.29, 0.717) is 5.16 Å². The van der Waals surface area contributed by atoms with Crippen LogP contribution < -0.4 is 11.3 Å². The molecular formula is C5H7N3O2S. The minimum absolute atomic E-state index is 0.141. The molecule has 0 aliphatic rings. The van der Waals surface area contributed by atoms with Crippen LogP contribution in [0.25, 0.3) is 0 Å². The summed E-state index contributed by atoms with van der Waals surface area (Å²) >= 11 is 1.25. The topological polar surface area (TPSA) is 92.0 Å². The lowest BCUT2D eigenvalue weighted by molar-refractivity contribution is 0.464. The highest BCUT2D eigenvalue weighted by Crippen LogP contribution is 2.13. The van der Waals surface area contributed by atoms with E-state index in [9.17, 15) is 4.79 Å². The van der Waals surface area contributed by atoms with Gasteiger partial charge >= 0.3 is 0 Å². The molecule has 11 heavy (non-hydrogen) atoms. The summed E-state index contributed by atoms with van der Waals surface area (Å²) in [7, 11) is 0. The smallest absolute Gasteiger partial charge is 0.296 e. The number of aromatic hydroxyl groups is 1. The van der Waals surface area contributed by atoms with Crippen molar-refractivity contribution in [3.63, 3.8) is 0 Å². The lowest BCUT2D eigenvalue weighted by Crippen LogP contribution is -2.10. The lowest BCUT2D eigenvalue weighted by atomic mass is 10.5. The molecular weight excluding hydrogens is 166 g/mol. The summed E-state index contributed by atoms with van der Waals surface area (Å²) in [6.07, 6.45) is 1.74. The van der Waals surface area contributed by atoms with Crippen LogP contribution >= 0.6 is 11.8 Å². The van der Waals surface area contributed by atoms with Gasteiger partial charge in [0, 0.05) is 0 Å². The van der Waals surface area contributed by atoms with Gasteiger partial charge in [0.05, 0.1) is 0 Å². The molecule has 0 aromatic carbocycles. The first kappa shape index (κ1) is 7.93. The number of hydrogen-bond donors (Lipinski definition) is 3. The van der Waals surface area contributed by atoms with Crippen LogP contribution in [-0.4, -0.2) is 21.3 Å². The summed E-state index contributed by atoms with van der Waals surface area (Å²) in [5.74, 6) is -0.666. The van der Waals surface area contributed by atoms with Crippen molar-refractivity contribution >= 4 is 17.6 Å². The lowest BCUT2D eigenvalue weighted by Gasteiger charge is -1.98. The highest BCUT2D eigenvalue weighted by molar-refractivity contribution is 7.98. The van der Waals surface area contributed by atoms with Gasteiger partial charge < -0.3 is 10.8 Å². The Morgan fingerprint density at radius 2 is 2.36 bits per heavy atom. The maximum absolute atomic E-state index is 10.8. The summed E-state index contributed by atoms with van der Waals surface area (Å²) in [5.41, 5.74) is 4.59. The van der Waals surface area contributed by atoms with Crippen molar-refractivity contribution in [1.82, 2.24) is 9.97 Å². The first-order chi connectivity index (χ1) is 5.15. The number of H-pyrrole nitrogens is 1. The molecule has 5 nitrogen and oxygen atoms in total. The number of aromatic amines is 1. The van der Waals surface area contributed by atoms with Gasteiger partial charge in [-0.2, -0.15) is 0 Å². The van der Waals surface area contributed by atoms with Gasteiger partial charge in [0.2, 0.25) is 5.75 Å². The van der Waals surface area contributed by atoms with Gasteiger partial charge in [-0.05, 0) is 6.26 Å². The normalized spacial score (nSPS) is 9.91. The predicted octanol–water partition coefficient (Wildman–Crippen LogP) is -0.220. The Balaban J connectivity index is 3.32. The largest absolute Gasteiger partial charge is 0.500 e. The van der Waals surface area contributed by atoms with Crippen LogP contribution in [0.1, 0.15) is 0 Å². The second kappa shape index (κ2) is 2.83. The molecule has 60 valence electrons. The number of nitrogens with zero attached hydrogens (tertiary/aromatic N) is 1. The molecule has 1 rings (SSSR count). The standard InChI is InChI=1S/C5H7N3O2S/c1-11-5-7-3(6)2(9)4(10)8-5/h9H,1H3,(H3,6,7,8,10). The average molecular weight is 173 g/mol. The van der Waals surface area contributed by atoms with E-state index in [1.54, 1.807) is 6.26 Å². The summed E-state index contributed by atoms with van der Waals surface area (Å²) in [4.78, 5) is 16.8. The van der Waals surface area contributed by atoms with E-state index in [1.165, 1.54) is 11.8 Å². The zero-order valence-electron chi connectivity index (χ0n) is 5.79. The first-order valence-electron chi connectivity index (χ1n) is 2.78. The van der Waals surface area contributed by atoms with Crippen LogP contribution in [0.5, 0.6) is 5.75 Å². The van der Waals surface area contributed by atoms with Gasteiger partial charge in [0.25, 0.3) is 5.56 Å². The van der Waals surface area contributed by atoms with Crippen LogP contribution in [0.4, 0.5) is 5.82 Å². The summed E-state index contributed by atoms with van der Waals surface area (Å²) in [6, 6.07) is 0. The zero-order chi connectivity index (χ0) is 8.43. The molecule has 4 N–H and O–H groups in total. The number of aromatic nitrogens is 2. The number of nitrogen functional groups attached to an aromatic ring is 1. The Bertz CT molecular complexity index is 322. The Morgan fingerprint density at radius 3 is 2.82 bits per heavy atom. The maximum atomic E-state index is 10.8. The Hall–Kier alpha value is -1.17. The number of anilines is 1. The van der Waals surface area contributed by atoms with Crippen molar-refractivity contribution in [2.24, 2.45) is 0 Å². The summed E-state index contributed by atoms with van der Waals surface area (Å²) in [6.45, 7) is 0. The molecule has 1 heterocycles. The fraction of sp³-hybridized carbons (Fsp3) is 0.200. The molecule has 0 amide bonds. The molecule has 0 spiro atoms. The van der Waals surface area contributed by atoms with Crippen LogP contribution in [0.3, 0.4) is 0 Å². The quantitative estimate of drug-likeness (QED) is 0.403. The molecule has 1 aromatic heterocycles. The average Bonchev–Trinajstić information content (AvgIpc) is 1.99. The van der Waals surface area contributed by atoms with Crippen molar-refractivity contribution in [1.29, 1.82) is 0 Å². The Labute approximate surface area is 66.7 Å². The SMILES string of the molecule is CSc1nc(N)c(O)c(=O)[nH]1.